The molecule has 11 rings (SSSR count). The second-order valence-electron chi connectivity index (χ2n) is 14.4. The molecule has 0 amide bonds. The van der Waals surface area contributed by atoms with E-state index < -0.39 is 0 Å². The molecule has 56 heavy (non-hydrogen) atoms. The molecule has 0 fully saturated rings. The van der Waals surface area contributed by atoms with Gasteiger partial charge in [-0.15, -0.1) is 0 Å². The maximum absolute atomic E-state index is 12.1. The molecular formula is C50H33N3O3. The number of phenolic OH excluding ortho intramolecular Hbond substituents is 1. The summed E-state index contributed by atoms with van der Waals surface area (Å²) < 4.78 is 15.0. The fourth-order valence-corrected chi connectivity index (χ4v) is 8.45. The zero-order chi connectivity index (χ0) is 37.5. The Labute approximate surface area is 321 Å². The van der Waals surface area contributed by atoms with Crippen molar-refractivity contribution in [2.75, 3.05) is 0 Å². The molecule has 1 N–H and O–H groups in total. The minimum Gasteiger partial charge on any atom is -0.506 e. The standard InChI is InChI=1S/C50H33N3O3/c1-29-13-12-14-30(2)45(29)32-27-39(35-22-23-43-46(49(35)54)36-18-7-9-20-42(36)55-43)51-40(28-32)38-26-33(25-37-34-17-6-8-19-41(34)56-50(37)38)47-48(31-15-4-3-5-16-31)53-24-11-10-21-44(53)52-47/h3-28,54H,1-2H3. The van der Waals surface area contributed by atoms with Gasteiger partial charge in [-0.05, 0) is 96.8 Å². The van der Waals surface area contributed by atoms with Crippen molar-refractivity contribution < 1.29 is 13.9 Å². The minimum atomic E-state index is 0.129. The van der Waals surface area contributed by atoms with Crippen LogP contribution in [0.4, 0.5) is 0 Å². The molecule has 5 aromatic heterocycles. The molecule has 0 saturated heterocycles. The van der Waals surface area contributed by atoms with Crippen LogP contribution in [0, 0.1) is 13.8 Å². The Morgan fingerprint density at radius 3 is 2.02 bits per heavy atom. The van der Waals surface area contributed by atoms with Crippen molar-refractivity contribution >= 4 is 49.5 Å². The zero-order valence-electron chi connectivity index (χ0n) is 30.6. The van der Waals surface area contributed by atoms with Crippen molar-refractivity contribution in [1.29, 1.82) is 0 Å². The molecule has 0 atom stereocenters. The van der Waals surface area contributed by atoms with Crippen molar-refractivity contribution in [1.82, 2.24) is 14.4 Å². The van der Waals surface area contributed by atoms with E-state index in [4.69, 9.17) is 18.8 Å². The molecule has 6 aromatic carbocycles. The van der Waals surface area contributed by atoms with Gasteiger partial charge in [-0.2, -0.15) is 0 Å². The van der Waals surface area contributed by atoms with Crippen molar-refractivity contribution in [3.63, 3.8) is 0 Å². The fourth-order valence-electron chi connectivity index (χ4n) is 8.45. The Balaban J connectivity index is 1.23. The molecule has 0 radical (unpaired) electrons. The van der Waals surface area contributed by atoms with Crippen LogP contribution in [0.2, 0.25) is 0 Å². The summed E-state index contributed by atoms with van der Waals surface area (Å²) in [6.07, 6.45) is 2.06. The number of benzene rings is 6. The topological polar surface area (TPSA) is 76.7 Å². The summed E-state index contributed by atoms with van der Waals surface area (Å²) in [4.78, 5) is 10.6. The highest BCUT2D eigenvalue weighted by Crippen LogP contribution is 2.45. The van der Waals surface area contributed by atoms with Crippen LogP contribution in [0.1, 0.15) is 11.1 Å². The lowest BCUT2D eigenvalue weighted by Crippen LogP contribution is -1.95. The number of imidazole rings is 1. The summed E-state index contributed by atoms with van der Waals surface area (Å²) in [5.41, 5.74) is 14.8. The van der Waals surface area contributed by atoms with Crippen LogP contribution in [0.25, 0.3) is 106 Å². The molecule has 266 valence electrons. The third-order valence-electron chi connectivity index (χ3n) is 11.0. The number of aromatic hydroxyl groups is 1. The van der Waals surface area contributed by atoms with Crippen LogP contribution in [0.5, 0.6) is 5.75 Å². The quantitative estimate of drug-likeness (QED) is 0.191. The third kappa shape index (κ3) is 4.89. The minimum absolute atomic E-state index is 0.129. The van der Waals surface area contributed by atoms with Crippen LogP contribution in [0.15, 0.2) is 167 Å². The lowest BCUT2D eigenvalue weighted by Gasteiger charge is -2.15. The molecule has 0 unspecified atom stereocenters. The van der Waals surface area contributed by atoms with Gasteiger partial charge in [0.05, 0.1) is 28.2 Å². The van der Waals surface area contributed by atoms with Crippen LogP contribution in [-0.2, 0) is 0 Å². The molecule has 0 aliphatic carbocycles. The van der Waals surface area contributed by atoms with E-state index in [1.165, 1.54) is 0 Å². The summed E-state index contributed by atoms with van der Waals surface area (Å²) in [6.45, 7) is 4.27. The predicted molar refractivity (Wildman–Crippen MR) is 226 cm³/mol. The smallest absolute Gasteiger partial charge is 0.144 e. The molecule has 0 bridgehead atoms. The van der Waals surface area contributed by atoms with Crippen LogP contribution in [0.3, 0.4) is 0 Å². The Morgan fingerprint density at radius 1 is 0.518 bits per heavy atom. The van der Waals surface area contributed by atoms with Gasteiger partial charge in [0.1, 0.15) is 33.7 Å². The third-order valence-corrected chi connectivity index (χ3v) is 11.0. The number of para-hydroxylation sites is 2. The summed E-state index contributed by atoms with van der Waals surface area (Å²) in [7, 11) is 0. The molecule has 0 saturated carbocycles. The molecule has 5 heterocycles. The monoisotopic (exact) mass is 723 g/mol. The van der Waals surface area contributed by atoms with Crippen molar-refractivity contribution in [2.24, 2.45) is 0 Å². The highest BCUT2D eigenvalue weighted by Gasteiger charge is 2.23. The van der Waals surface area contributed by atoms with E-state index in [-0.39, 0.29) is 5.75 Å². The molecular weight excluding hydrogens is 691 g/mol. The normalized spacial score (nSPS) is 11.8. The van der Waals surface area contributed by atoms with Gasteiger partial charge in [0.15, 0.2) is 0 Å². The Kier molecular flexibility index (Phi) is 7.03. The number of fused-ring (bicyclic) bond motifs is 7. The Morgan fingerprint density at radius 2 is 1.21 bits per heavy atom. The largest absolute Gasteiger partial charge is 0.506 e. The number of nitrogens with zero attached hydrogens (tertiary/aromatic N) is 3. The van der Waals surface area contributed by atoms with E-state index >= 15 is 0 Å². The Hall–Kier alpha value is -7.44. The number of pyridine rings is 2. The fraction of sp³-hybridized carbons (Fsp3) is 0.0400. The number of hydrogen-bond acceptors (Lipinski definition) is 5. The average Bonchev–Trinajstić information content (AvgIpc) is 3.93. The van der Waals surface area contributed by atoms with Gasteiger partial charge in [0.25, 0.3) is 0 Å². The first-order valence-electron chi connectivity index (χ1n) is 18.7. The van der Waals surface area contributed by atoms with E-state index in [1.54, 1.807) is 0 Å². The Bertz CT molecular complexity index is 3330. The van der Waals surface area contributed by atoms with Crippen LogP contribution in [-0.4, -0.2) is 19.5 Å². The van der Waals surface area contributed by atoms with Crippen molar-refractivity contribution in [3.05, 3.63) is 169 Å². The van der Waals surface area contributed by atoms with Crippen molar-refractivity contribution in [3.8, 4) is 61.9 Å². The molecule has 0 spiro atoms. The summed E-state index contributed by atoms with van der Waals surface area (Å²) >= 11 is 0. The van der Waals surface area contributed by atoms with Crippen LogP contribution >= 0.6 is 0 Å². The van der Waals surface area contributed by atoms with Gasteiger partial charge < -0.3 is 13.9 Å². The maximum Gasteiger partial charge on any atom is 0.144 e. The number of hydrogen-bond donors (Lipinski definition) is 1. The number of aryl methyl sites for hydroxylation is 2. The first kappa shape index (κ1) is 32.0. The lowest BCUT2D eigenvalue weighted by molar-refractivity contribution is 0.483. The highest BCUT2D eigenvalue weighted by molar-refractivity contribution is 6.12. The summed E-state index contributed by atoms with van der Waals surface area (Å²) in [5, 5.41) is 15.6. The predicted octanol–water partition coefficient (Wildman–Crippen LogP) is 13.2. The molecule has 6 heteroatoms. The molecule has 0 aliphatic heterocycles. The van der Waals surface area contributed by atoms with Gasteiger partial charge in [-0.1, -0.05) is 91.0 Å². The molecule has 0 aliphatic rings. The summed E-state index contributed by atoms with van der Waals surface area (Å²) in [5.74, 6) is 0.129. The van der Waals surface area contributed by atoms with Gasteiger partial charge >= 0.3 is 0 Å². The number of furan rings is 2. The van der Waals surface area contributed by atoms with E-state index in [9.17, 15) is 5.11 Å². The van der Waals surface area contributed by atoms with Crippen LogP contribution < -0.4 is 0 Å². The van der Waals surface area contributed by atoms with Gasteiger partial charge in [-0.25, -0.2) is 9.97 Å². The molecule has 6 nitrogen and oxygen atoms in total. The maximum atomic E-state index is 12.1. The zero-order valence-corrected chi connectivity index (χ0v) is 30.6. The second kappa shape index (κ2) is 12.3. The number of rotatable bonds is 5. The van der Waals surface area contributed by atoms with E-state index in [1.807, 2.05) is 78.9 Å². The lowest BCUT2D eigenvalue weighted by atomic mass is 9.92. The van der Waals surface area contributed by atoms with Gasteiger partial charge in [-0.3, -0.25) is 4.40 Å². The van der Waals surface area contributed by atoms with E-state index in [2.05, 4.69) is 97.2 Å². The first-order chi connectivity index (χ1) is 27.5. The van der Waals surface area contributed by atoms with E-state index in [0.29, 0.717) is 27.9 Å². The van der Waals surface area contributed by atoms with Gasteiger partial charge in [0, 0.05) is 44.6 Å². The van der Waals surface area contributed by atoms with E-state index in [0.717, 1.165) is 88.9 Å². The van der Waals surface area contributed by atoms with Gasteiger partial charge in [0.2, 0.25) is 0 Å². The second-order valence-corrected chi connectivity index (χ2v) is 14.4. The highest BCUT2D eigenvalue weighted by atomic mass is 16.3. The number of aromatic nitrogens is 3. The average molecular weight is 724 g/mol. The summed E-state index contributed by atoms with van der Waals surface area (Å²) in [6, 6.07) is 51.2. The molecule has 11 aromatic rings. The SMILES string of the molecule is Cc1cccc(C)c1-c1cc(-c2ccc3oc4ccccc4c3c2O)nc(-c2cc(-c3nc4ccccn4c3-c3ccccc3)cc3c2oc2ccccc23)c1. The van der Waals surface area contributed by atoms with Crippen molar-refractivity contribution in [2.45, 2.75) is 13.8 Å². The number of phenols is 1. The first-order valence-corrected chi connectivity index (χ1v) is 18.7.